The molecule has 0 bridgehead atoms. The molecule has 2 N–H and O–H groups in total. The van der Waals surface area contributed by atoms with Crippen LogP contribution in [0, 0.1) is 0 Å². The van der Waals surface area contributed by atoms with Crippen LogP contribution in [0.2, 0.25) is 5.02 Å². The fourth-order valence-electron chi connectivity index (χ4n) is 4.76. The standard InChI is InChI=1S/C29H26ClN3O6S/c1-38-23-12-8-18(14-24-27(35)32-29(37)40-24)21-11-13-25(34)33(26(21)23)15-17-6-9-20(10-7-17)31-28(36)39-16-19-4-2-3-5-22(19)30/h2-10,12,24H,11,13-16H2,1H3,(H,31,36)(H,32,35,37). The molecule has 3 aromatic rings. The number of rotatable bonds is 8. The summed E-state index contributed by atoms with van der Waals surface area (Å²) >= 11 is 7.09. The first-order valence-corrected chi connectivity index (χ1v) is 13.8. The number of carbonyl (C=O) groups excluding carboxylic acids is 4. The molecule has 4 amide bonds. The molecule has 0 radical (unpaired) electrons. The third kappa shape index (κ3) is 6.08. The van der Waals surface area contributed by atoms with E-state index < -0.39 is 11.3 Å². The zero-order valence-corrected chi connectivity index (χ0v) is 23.1. The lowest BCUT2D eigenvalue weighted by atomic mass is 9.92. The summed E-state index contributed by atoms with van der Waals surface area (Å²) in [5.41, 5.74) is 4.62. The topological polar surface area (TPSA) is 114 Å². The second-order valence-corrected chi connectivity index (χ2v) is 10.9. The molecule has 3 aromatic carbocycles. The highest BCUT2D eigenvalue weighted by Crippen LogP contribution is 2.41. The van der Waals surface area contributed by atoms with Gasteiger partial charge in [0, 0.05) is 22.7 Å². The Balaban J connectivity index is 1.29. The van der Waals surface area contributed by atoms with Crippen LogP contribution in [0.5, 0.6) is 5.75 Å². The number of benzene rings is 3. The third-order valence-electron chi connectivity index (χ3n) is 6.75. The maximum Gasteiger partial charge on any atom is 0.411 e. The number of fused-ring (bicyclic) bond motifs is 1. The van der Waals surface area contributed by atoms with Crippen LogP contribution in [-0.4, -0.2) is 35.5 Å². The molecule has 0 saturated carbocycles. The van der Waals surface area contributed by atoms with Crippen molar-refractivity contribution < 1.29 is 28.7 Å². The number of ether oxygens (including phenoxy) is 2. The number of hydrogen-bond donors (Lipinski definition) is 2. The van der Waals surface area contributed by atoms with E-state index in [1.807, 2.05) is 24.3 Å². The minimum absolute atomic E-state index is 0.0449. The minimum Gasteiger partial charge on any atom is -0.495 e. The van der Waals surface area contributed by atoms with E-state index in [0.717, 1.165) is 28.5 Å². The smallest absolute Gasteiger partial charge is 0.411 e. The molecule has 1 fully saturated rings. The first-order chi connectivity index (χ1) is 19.3. The summed E-state index contributed by atoms with van der Waals surface area (Å²) in [5.74, 6) is 0.215. The lowest BCUT2D eigenvalue weighted by Gasteiger charge is -2.32. The molecule has 9 nitrogen and oxygen atoms in total. The van der Waals surface area contributed by atoms with Crippen molar-refractivity contribution in [2.24, 2.45) is 0 Å². The van der Waals surface area contributed by atoms with Crippen molar-refractivity contribution >= 4 is 57.9 Å². The van der Waals surface area contributed by atoms with Gasteiger partial charge in [-0.1, -0.05) is 59.8 Å². The van der Waals surface area contributed by atoms with E-state index in [4.69, 9.17) is 21.1 Å². The molecule has 0 aliphatic carbocycles. The molecule has 40 heavy (non-hydrogen) atoms. The average Bonchev–Trinajstić information content (AvgIpc) is 3.26. The van der Waals surface area contributed by atoms with Crippen LogP contribution in [0.15, 0.2) is 60.7 Å². The van der Waals surface area contributed by atoms with Crippen LogP contribution in [0.4, 0.5) is 21.0 Å². The van der Waals surface area contributed by atoms with E-state index in [1.165, 1.54) is 0 Å². The first kappa shape index (κ1) is 27.5. The monoisotopic (exact) mass is 579 g/mol. The van der Waals surface area contributed by atoms with Crippen molar-refractivity contribution in [1.82, 2.24) is 5.32 Å². The number of nitrogens with one attached hydrogen (secondary N) is 2. The van der Waals surface area contributed by atoms with Gasteiger partial charge in [0.1, 0.15) is 12.4 Å². The number of nitrogens with zero attached hydrogens (tertiary/aromatic N) is 1. The zero-order chi connectivity index (χ0) is 28.2. The van der Waals surface area contributed by atoms with Crippen LogP contribution >= 0.6 is 23.4 Å². The van der Waals surface area contributed by atoms with Gasteiger partial charge in [-0.2, -0.15) is 0 Å². The number of methoxy groups -OCH3 is 1. The van der Waals surface area contributed by atoms with Gasteiger partial charge in [-0.25, -0.2) is 4.79 Å². The van der Waals surface area contributed by atoms with Crippen LogP contribution in [0.1, 0.15) is 28.7 Å². The lowest BCUT2D eigenvalue weighted by Crippen LogP contribution is -2.35. The summed E-state index contributed by atoms with van der Waals surface area (Å²) in [7, 11) is 1.55. The summed E-state index contributed by atoms with van der Waals surface area (Å²) in [6, 6.07) is 18.0. The molecule has 0 aromatic heterocycles. The van der Waals surface area contributed by atoms with Crippen molar-refractivity contribution in [2.45, 2.75) is 37.7 Å². The fourth-order valence-corrected chi connectivity index (χ4v) is 5.80. The van der Waals surface area contributed by atoms with Gasteiger partial charge in [-0.15, -0.1) is 0 Å². The molecular formula is C29H26ClN3O6S. The van der Waals surface area contributed by atoms with Gasteiger partial charge in [-0.3, -0.25) is 25.0 Å². The Morgan fingerprint density at radius 3 is 2.52 bits per heavy atom. The van der Waals surface area contributed by atoms with Crippen LogP contribution in [0.25, 0.3) is 0 Å². The molecule has 0 spiro atoms. The fraction of sp³-hybridized carbons (Fsp3) is 0.241. The number of anilines is 2. The molecule has 2 aliphatic rings. The number of halogens is 1. The van der Waals surface area contributed by atoms with Gasteiger partial charge in [0.05, 0.1) is 24.6 Å². The summed E-state index contributed by atoms with van der Waals surface area (Å²) in [5, 5.41) is 4.69. The Morgan fingerprint density at radius 1 is 1.05 bits per heavy atom. The van der Waals surface area contributed by atoms with Gasteiger partial charge >= 0.3 is 6.09 Å². The van der Waals surface area contributed by atoms with E-state index in [9.17, 15) is 19.2 Å². The molecule has 206 valence electrons. The highest BCUT2D eigenvalue weighted by molar-refractivity contribution is 8.15. The summed E-state index contributed by atoms with van der Waals surface area (Å²) in [6.07, 6.45) is 0.598. The Hall–Kier alpha value is -4.02. The average molecular weight is 580 g/mol. The van der Waals surface area contributed by atoms with Gasteiger partial charge in [0.2, 0.25) is 11.8 Å². The zero-order valence-electron chi connectivity index (χ0n) is 21.6. The number of carbonyl (C=O) groups is 4. The SMILES string of the molecule is COc1ccc(CC2SC(=O)NC2=O)c2c1N(Cc1ccc(NC(=O)OCc3ccccc3Cl)cc1)C(=O)CC2. The summed E-state index contributed by atoms with van der Waals surface area (Å²) in [4.78, 5) is 50.8. The largest absolute Gasteiger partial charge is 0.495 e. The van der Waals surface area contributed by atoms with Crippen LogP contribution in [0.3, 0.4) is 0 Å². The minimum atomic E-state index is -0.610. The van der Waals surface area contributed by atoms with E-state index in [2.05, 4.69) is 10.6 Å². The third-order valence-corrected chi connectivity index (χ3v) is 8.10. The number of amides is 4. The molecule has 1 saturated heterocycles. The lowest BCUT2D eigenvalue weighted by molar-refractivity contribution is -0.119. The normalized spacial score (nSPS) is 16.4. The molecule has 11 heteroatoms. The van der Waals surface area contributed by atoms with Gasteiger partial charge in [-0.05, 0) is 53.8 Å². The van der Waals surface area contributed by atoms with Crippen LogP contribution < -0.4 is 20.3 Å². The predicted octanol–water partition coefficient (Wildman–Crippen LogP) is 5.47. The van der Waals surface area contributed by atoms with Crippen molar-refractivity contribution in [2.75, 3.05) is 17.3 Å². The van der Waals surface area contributed by atoms with Crippen molar-refractivity contribution in [3.63, 3.8) is 0 Å². The second-order valence-electron chi connectivity index (χ2n) is 9.31. The Kier molecular flexibility index (Phi) is 8.27. The molecule has 1 atom stereocenters. The van der Waals surface area contributed by atoms with Crippen LogP contribution in [-0.2, 0) is 40.3 Å². The summed E-state index contributed by atoms with van der Waals surface area (Å²) < 4.78 is 10.9. The second kappa shape index (κ2) is 12.0. The maximum atomic E-state index is 13.1. The molecule has 1 unspecified atom stereocenters. The van der Waals surface area contributed by atoms with Gasteiger partial charge in [0.15, 0.2) is 0 Å². The maximum absolute atomic E-state index is 13.1. The molecule has 2 heterocycles. The van der Waals surface area contributed by atoms with Gasteiger partial charge < -0.3 is 14.4 Å². The molecule has 5 rings (SSSR count). The highest BCUT2D eigenvalue weighted by atomic mass is 35.5. The highest BCUT2D eigenvalue weighted by Gasteiger charge is 2.35. The van der Waals surface area contributed by atoms with Crippen molar-refractivity contribution in [3.8, 4) is 5.75 Å². The van der Waals surface area contributed by atoms with E-state index in [-0.39, 0.29) is 23.7 Å². The molecule has 2 aliphatic heterocycles. The Bertz CT molecular complexity index is 1480. The quantitative estimate of drug-likeness (QED) is 0.364. The predicted molar refractivity (Wildman–Crippen MR) is 153 cm³/mol. The Labute approximate surface area is 240 Å². The number of thioether (sulfide) groups is 1. The van der Waals surface area contributed by atoms with Crippen molar-refractivity contribution in [1.29, 1.82) is 0 Å². The molecular weight excluding hydrogens is 554 g/mol. The number of imide groups is 1. The van der Waals surface area contributed by atoms with E-state index in [0.29, 0.717) is 53.5 Å². The first-order valence-electron chi connectivity index (χ1n) is 12.6. The van der Waals surface area contributed by atoms with Gasteiger partial charge in [0.25, 0.3) is 5.24 Å². The number of hydrogen-bond acceptors (Lipinski definition) is 7. The van der Waals surface area contributed by atoms with E-state index >= 15 is 0 Å². The van der Waals surface area contributed by atoms with E-state index in [1.54, 1.807) is 48.4 Å². The Morgan fingerprint density at radius 2 is 1.82 bits per heavy atom. The van der Waals surface area contributed by atoms with Crippen molar-refractivity contribution in [3.05, 3.63) is 87.9 Å². The summed E-state index contributed by atoms with van der Waals surface area (Å²) in [6.45, 7) is 0.338.